The summed E-state index contributed by atoms with van der Waals surface area (Å²) in [5.74, 6) is -0.771. The monoisotopic (exact) mass is 1370 g/mol. The van der Waals surface area contributed by atoms with Gasteiger partial charge in [-0.05, 0) is 211 Å². The van der Waals surface area contributed by atoms with E-state index in [0.717, 1.165) is 174 Å². The summed E-state index contributed by atoms with van der Waals surface area (Å²) in [4.78, 5) is 64.2. The Kier molecular flexibility index (Phi) is 16.5. The van der Waals surface area contributed by atoms with Crippen molar-refractivity contribution >= 4 is 195 Å². The van der Waals surface area contributed by atoms with Crippen LogP contribution in [0.4, 0.5) is 0 Å². The molecule has 0 atom stereocenters. The molecule has 11 aromatic carbocycles. The molecule has 2 heterocycles. The first-order chi connectivity index (χ1) is 40.9. The number of hydrogen-bond acceptors (Lipinski definition) is 4. The van der Waals surface area contributed by atoms with Gasteiger partial charge in [0.15, 0.2) is 0 Å². The molecule has 2 aliphatic heterocycles. The van der Waals surface area contributed by atoms with Crippen molar-refractivity contribution in [2.24, 2.45) is 0 Å². The lowest BCUT2D eigenvalue weighted by Gasteiger charge is -2.35. The fourth-order valence-electron chi connectivity index (χ4n) is 15.7. The molecule has 84 heavy (non-hydrogen) atoms. The van der Waals surface area contributed by atoms with Crippen molar-refractivity contribution < 1.29 is 19.2 Å². The van der Waals surface area contributed by atoms with Crippen molar-refractivity contribution in [1.29, 1.82) is 0 Å². The van der Waals surface area contributed by atoms with Crippen molar-refractivity contribution in [3.8, 4) is 0 Å². The number of hydrogen-bond donors (Lipinski definition) is 0. The number of imide groups is 2. The second kappa shape index (κ2) is 23.9. The summed E-state index contributed by atoms with van der Waals surface area (Å²) in [7, 11) is 0. The molecule has 4 amide bonds. The van der Waals surface area contributed by atoms with Gasteiger partial charge in [-0.3, -0.25) is 29.0 Å². The fraction of sp³-hybridized carbons (Fsp3) is 0.405. The molecule has 2 aliphatic rings. The molecule has 13 rings (SSSR count). The van der Waals surface area contributed by atoms with Crippen LogP contribution in [0.5, 0.6) is 0 Å². The number of nitrogens with zero attached hydrogens (tertiary/aromatic N) is 2. The molecule has 0 N–H and O–H groups in total. The van der Waals surface area contributed by atoms with Gasteiger partial charge < -0.3 is 0 Å². The van der Waals surface area contributed by atoms with E-state index in [4.69, 9.17) is 0 Å². The lowest BCUT2D eigenvalue weighted by atomic mass is 9.80. The van der Waals surface area contributed by atoms with E-state index in [1.54, 1.807) is 9.80 Å². The van der Waals surface area contributed by atoms with Gasteiger partial charge in [-0.25, -0.2) is 0 Å². The molecule has 6 nitrogen and oxygen atoms in total. The highest BCUT2D eigenvalue weighted by Crippen LogP contribution is 2.55. The maximum absolute atomic E-state index is 15.2. The van der Waals surface area contributed by atoms with Gasteiger partial charge in [0.1, 0.15) is 0 Å². The molecule has 0 fully saturated rings. The van der Waals surface area contributed by atoms with E-state index in [0.29, 0.717) is 40.1 Å². The molecule has 0 unspecified atom stereocenters. The highest BCUT2D eigenvalue weighted by Gasteiger charge is 2.43. The van der Waals surface area contributed by atoms with Crippen molar-refractivity contribution in [2.45, 2.75) is 194 Å². The standard InChI is InChI=1S/C74H74Br4N2O4/c1-5-9-13-17-21-25-41(26-22-18-14-10-6-2)79-71(81)65-55(75)37-51-47-33-29-43-45-31-35-49-53-39-57(77)67-70-64(53)54(40-58(78)68(70)74(84)80(73(67)83)42(27-23-19-15-11-7-3)28-24-20-16-12-8-4)50-36-32-46(60(45)62(49)50)44-30-34-48(61(47)59(43)44)52-38-56(76)66(72(79)82)69(65)63(51)52/h29-42H,5-28H2,1-4H3. The Morgan fingerprint density at radius 2 is 0.464 bits per heavy atom. The summed E-state index contributed by atoms with van der Waals surface area (Å²) in [5, 5.41) is 21.1. The van der Waals surface area contributed by atoms with E-state index in [-0.39, 0.29) is 35.7 Å². The van der Waals surface area contributed by atoms with Gasteiger partial charge in [0, 0.05) is 40.7 Å². The number of fused-ring (bicyclic) bond motifs is 6. The molecular weight excluding hydrogens is 1300 g/mol. The average Bonchev–Trinajstić information content (AvgIpc) is 0.701. The summed E-state index contributed by atoms with van der Waals surface area (Å²) in [6, 6.07) is 26.5. The molecule has 0 saturated heterocycles. The first-order valence-corrected chi connectivity index (χ1v) is 35.1. The number of rotatable bonds is 26. The Labute approximate surface area is 526 Å². The van der Waals surface area contributed by atoms with E-state index < -0.39 is 0 Å². The zero-order valence-corrected chi connectivity index (χ0v) is 55.4. The molecule has 11 aromatic rings. The summed E-state index contributed by atoms with van der Waals surface area (Å²) < 4.78 is 2.86. The van der Waals surface area contributed by atoms with E-state index in [1.807, 2.05) is 0 Å². The Morgan fingerprint density at radius 1 is 0.274 bits per heavy atom. The molecule has 0 saturated carbocycles. The Hall–Kier alpha value is -5.00. The van der Waals surface area contributed by atoms with Crippen LogP contribution in [0.2, 0.25) is 0 Å². The second-order valence-electron chi connectivity index (χ2n) is 24.8. The minimum Gasteiger partial charge on any atom is -0.271 e. The summed E-state index contributed by atoms with van der Waals surface area (Å²) in [6.07, 6.45) is 25.9. The number of carbonyl (C=O) groups is 4. The van der Waals surface area contributed by atoms with Crippen LogP contribution in [0.1, 0.15) is 223 Å². The molecular formula is C74H74Br4N2O4. The van der Waals surface area contributed by atoms with E-state index in [1.165, 1.54) is 87.8 Å². The van der Waals surface area contributed by atoms with Gasteiger partial charge in [-0.1, -0.05) is 205 Å². The normalized spacial score (nSPS) is 14.2. The minimum atomic E-state index is -0.193. The van der Waals surface area contributed by atoms with Gasteiger partial charge in [0.05, 0.1) is 22.3 Å². The Bertz CT molecular complexity index is 3910. The van der Waals surface area contributed by atoms with Crippen molar-refractivity contribution in [2.75, 3.05) is 0 Å². The largest absolute Gasteiger partial charge is 0.271 e. The van der Waals surface area contributed by atoms with Crippen LogP contribution < -0.4 is 0 Å². The van der Waals surface area contributed by atoms with Crippen molar-refractivity contribution in [3.63, 3.8) is 0 Å². The van der Waals surface area contributed by atoms with Gasteiger partial charge in [0.25, 0.3) is 23.6 Å². The number of unbranched alkanes of at least 4 members (excludes halogenated alkanes) is 16. The van der Waals surface area contributed by atoms with Crippen LogP contribution in [-0.4, -0.2) is 45.5 Å². The minimum absolute atomic E-state index is 0.161. The topological polar surface area (TPSA) is 74.8 Å². The zero-order chi connectivity index (χ0) is 58.2. The molecule has 0 radical (unpaired) electrons. The highest BCUT2D eigenvalue weighted by atomic mass is 79.9. The van der Waals surface area contributed by atoms with Crippen molar-refractivity contribution in [1.82, 2.24) is 9.80 Å². The van der Waals surface area contributed by atoms with Crippen LogP contribution in [0.15, 0.2) is 90.7 Å². The SMILES string of the molecule is CCCCCCCC(CCCCCCC)N1C(=O)c2c(Br)cc3c4ccc5c6ccc7c8cc(Br)c9c%10c(c(Br)cc(c%11ccc(c%12ccc(c%13cc(Br)c(c2c3%13)C1=O)c4c5%12)c6c7%11)c%108)C(=O)N(C(CCCCCCC)CCCCCCC)C9=O. The predicted octanol–water partition coefficient (Wildman–Crippen LogP) is 24.0. The van der Waals surface area contributed by atoms with Gasteiger partial charge in [-0.15, -0.1) is 0 Å². The van der Waals surface area contributed by atoms with Crippen molar-refractivity contribution in [3.05, 3.63) is 113 Å². The third kappa shape index (κ3) is 9.27. The molecule has 432 valence electrons. The van der Waals surface area contributed by atoms with Crippen LogP contribution in [0, 0.1) is 0 Å². The smallest absolute Gasteiger partial charge is 0.262 e. The maximum atomic E-state index is 15.2. The lowest BCUT2D eigenvalue weighted by molar-refractivity contribution is 0.0500. The third-order valence-electron chi connectivity index (χ3n) is 19.7. The lowest BCUT2D eigenvalue weighted by Crippen LogP contribution is -2.47. The fourth-order valence-corrected chi connectivity index (χ4v) is 18.1. The Balaban J connectivity index is 0.948. The average molecular weight is 1380 g/mol. The number of halogens is 4. The molecule has 0 spiro atoms. The number of carbonyl (C=O) groups excluding carboxylic acids is 4. The molecule has 10 heteroatoms. The van der Waals surface area contributed by atoms with Gasteiger partial charge in [0.2, 0.25) is 0 Å². The predicted molar refractivity (Wildman–Crippen MR) is 368 cm³/mol. The summed E-state index contributed by atoms with van der Waals surface area (Å²) in [5.41, 5.74) is 2.32. The third-order valence-corrected chi connectivity index (χ3v) is 22.2. The van der Waals surface area contributed by atoms with Crippen LogP contribution in [0.3, 0.4) is 0 Å². The Morgan fingerprint density at radius 3 is 0.679 bits per heavy atom. The van der Waals surface area contributed by atoms with E-state index >= 15 is 19.2 Å². The van der Waals surface area contributed by atoms with E-state index in [2.05, 4.69) is 164 Å². The molecule has 0 aromatic heterocycles. The van der Waals surface area contributed by atoms with Gasteiger partial charge >= 0.3 is 0 Å². The van der Waals surface area contributed by atoms with E-state index in [9.17, 15) is 0 Å². The van der Waals surface area contributed by atoms with Crippen LogP contribution >= 0.6 is 63.7 Å². The molecule has 0 aliphatic carbocycles. The quantitative estimate of drug-likeness (QED) is 0.0234. The number of amides is 4. The maximum Gasteiger partial charge on any atom is 0.262 e. The second-order valence-corrected chi connectivity index (χ2v) is 28.3. The first kappa shape index (κ1) is 58.0. The van der Waals surface area contributed by atoms with Crippen LogP contribution in [-0.2, 0) is 0 Å². The summed E-state index contributed by atoms with van der Waals surface area (Å²) in [6.45, 7) is 8.93. The number of benzene rings is 11. The first-order valence-electron chi connectivity index (χ1n) is 31.9. The zero-order valence-electron chi connectivity index (χ0n) is 49.1. The summed E-state index contributed by atoms with van der Waals surface area (Å²) >= 11 is 16.0. The highest BCUT2D eigenvalue weighted by molar-refractivity contribution is 9.11. The van der Waals surface area contributed by atoms with Gasteiger partial charge in [-0.2, -0.15) is 0 Å². The molecule has 0 bridgehead atoms. The van der Waals surface area contributed by atoms with Crippen LogP contribution in [0.25, 0.3) is 108 Å².